The summed E-state index contributed by atoms with van der Waals surface area (Å²) < 4.78 is 89.1. The second-order valence-electron chi connectivity index (χ2n) is 8.17. The van der Waals surface area contributed by atoms with Crippen LogP contribution in [0.15, 0.2) is 42.7 Å². The third kappa shape index (κ3) is 4.94. The van der Waals surface area contributed by atoms with Gasteiger partial charge in [0.15, 0.2) is 17.4 Å². The van der Waals surface area contributed by atoms with Crippen LogP contribution in [0, 0.1) is 34.7 Å². The van der Waals surface area contributed by atoms with Gasteiger partial charge >= 0.3 is 5.97 Å². The van der Waals surface area contributed by atoms with E-state index >= 15 is 0 Å². The highest BCUT2D eigenvalue weighted by molar-refractivity contribution is 5.46. The molecule has 0 N–H and O–H groups in total. The van der Waals surface area contributed by atoms with Gasteiger partial charge in [-0.05, 0) is 36.8 Å². The van der Waals surface area contributed by atoms with Gasteiger partial charge in [0.1, 0.15) is 5.82 Å². The van der Waals surface area contributed by atoms with Gasteiger partial charge in [0.25, 0.3) is 6.43 Å². The molecule has 34 heavy (non-hydrogen) atoms. The van der Waals surface area contributed by atoms with Gasteiger partial charge in [0, 0.05) is 22.6 Å². The summed E-state index contributed by atoms with van der Waals surface area (Å²) in [5.74, 6) is -0.291. The van der Waals surface area contributed by atoms with E-state index in [9.17, 15) is 22.0 Å². The van der Waals surface area contributed by atoms with Crippen LogP contribution >= 0.6 is 0 Å². The second-order valence-corrected chi connectivity index (χ2v) is 8.17. The molecule has 0 radical (unpaired) electrons. The van der Waals surface area contributed by atoms with Crippen molar-refractivity contribution in [1.82, 2.24) is 0 Å². The third-order valence-electron chi connectivity index (χ3n) is 5.56. The van der Waals surface area contributed by atoms with E-state index in [1.165, 1.54) is 12.1 Å². The fourth-order valence-electron chi connectivity index (χ4n) is 3.85. The Kier molecular flexibility index (Phi) is 6.94. The fraction of sp³-hybridized carbons (Fsp3) is 0.360. The van der Waals surface area contributed by atoms with Crippen LogP contribution in [0.2, 0.25) is 0 Å². The predicted octanol–water partition coefficient (Wildman–Crippen LogP) is 5.64. The molecule has 2 aromatic carbocycles. The highest BCUT2D eigenvalue weighted by Gasteiger charge is 2.53. The Bertz CT molecular complexity index is 1100. The van der Waals surface area contributed by atoms with Gasteiger partial charge in [-0.1, -0.05) is 25.2 Å². The highest BCUT2D eigenvalue weighted by atomic mass is 19.3. The highest BCUT2D eigenvalue weighted by Crippen LogP contribution is 2.46. The van der Waals surface area contributed by atoms with Gasteiger partial charge in [-0.15, -0.1) is 0 Å². The smallest absolute Gasteiger partial charge is 0.312 e. The average Bonchev–Trinajstić information content (AvgIpc) is 2.81. The molecule has 4 nitrogen and oxygen atoms in total. The van der Waals surface area contributed by atoms with Gasteiger partial charge in [-0.3, -0.25) is 0 Å². The fourth-order valence-corrected chi connectivity index (χ4v) is 3.85. The van der Waals surface area contributed by atoms with Crippen LogP contribution in [0.5, 0.6) is 5.75 Å². The minimum atomic E-state index is -2.83. The number of hydrogen-bond acceptors (Lipinski definition) is 4. The first-order valence-electron chi connectivity index (χ1n) is 10.6. The molecule has 0 unspecified atom stereocenters. The lowest BCUT2D eigenvalue weighted by atomic mass is 9.83. The zero-order valence-electron chi connectivity index (χ0n) is 18.2. The van der Waals surface area contributed by atoms with E-state index in [4.69, 9.17) is 14.2 Å². The van der Waals surface area contributed by atoms with E-state index in [1.54, 1.807) is 6.07 Å². The molecule has 3 heterocycles. The number of hydrogen-bond donors (Lipinski definition) is 0. The molecule has 9 heteroatoms. The second kappa shape index (κ2) is 9.74. The maximum Gasteiger partial charge on any atom is 0.312 e. The Morgan fingerprint density at radius 1 is 0.971 bits per heavy atom. The Balaban J connectivity index is 1.50. The van der Waals surface area contributed by atoms with Crippen LogP contribution in [-0.4, -0.2) is 26.2 Å². The first kappa shape index (κ1) is 24.2. The van der Waals surface area contributed by atoms with E-state index in [-0.39, 0.29) is 16.5 Å². The lowest BCUT2D eigenvalue weighted by Crippen LogP contribution is -2.58. The van der Waals surface area contributed by atoms with E-state index < -0.39 is 35.6 Å². The van der Waals surface area contributed by atoms with Crippen molar-refractivity contribution in [2.45, 2.75) is 32.2 Å². The molecular weight excluding hydrogens is 459 g/mol. The van der Waals surface area contributed by atoms with Crippen LogP contribution in [0.3, 0.4) is 0 Å². The Labute approximate surface area is 193 Å². The molecule has 3 fully saturated rings. The van der Waals surface area contributed by atoms with Crippen LogP contribution < -0.4 is 4.74 Å². The van der Waals surface area contributed by atoms with Crippen molar-refractivity contribution in [2.24, 2.45) is 5.41 Å². The number of fused-ring (bicyclic) bond motifs is 3. The summed E-state index contributed by atoms with van der Waals surface area (Å²) in [6, 6.07) is 5.85. The van der Waals surface area contributed by atoms with Gasteiger partial charge in [-0.2, -0.15) is 0 Å². The molecular formula is C25H21F5O4. The molecule has 0 atom stereocenters. The summed E-state index contributed by atoms with van der Waals surface area (Å²) in [6.45, 7) is 3.40. The first-order valence-corrected chi connectivity index (χ1v) is 10.6. The van der Waals surface area contributed by atoms with Crippen molar-refractivity contribution >= 4 is 0 Å². The molecule has 180 valence electrons. The molecule has 0 saturated carbocycles. The average molecular weight is 480 g/mol. The monoisotopic (exact) mass is 480 g/mol. The zero-order chi connectivity index (χ0) is 24.3. The molecule has 0 aliphatic carbocycles. The number of allylic oxidation sites excluding steroid dienone is 1. The number of halogens is 5. The van der Waals surface area contributed by atoms with Crippen LogP contribution in [0.1, 0.15) is 36.5 Å². The molecule has 2 bridgehead atoms. The lowest BCUT2D eigenvalue weighted by Gasteiger charge is -2.51. The van der Waals surface area contributed by atoms with E-state index in [2.05, 4.69) is 23.5 Å². The number of alkyl halides is 2. The van der Waals surface area contributed by atoms with E-state index in [1.807, 2.05) is 0 Å². The van der Waals surface area contributed by atoms with Crippen molar-refractivity contribution in [3.05, 3.63) is 76.8 Å². The molecule has 0 aromatic heterocycles. The number of benzene rings is 2. The number of rotatable bonds is 6. The summed E-state index contributed by atoms with van der Waals surface area (Å²) in [5.41, 5.74) is 0.0399. The predicted molar refractivity (Wildman–Crippen MR) is 111 cm³/mol. The summed E-state index contributed by atoms with van der Waals surface area (Å²) in [6.07, 6.45) is -0.139. The van der Waals surface area contributed by atoms with Crippen LogP contribution in [0.4, 0.5) is 22.0 Å². The van der Waals surface area contributed by atoms with Crippen molar-refractivity contribution in [3.63, 3.8) is 0 Å². The Morgan fingerprint density at radius 2 is 1.62 bits per heavy atom. The van der Waals surface area contributed by atoms with E-state index in [0.29, 0.717) is 37.7 Å². The quantitative estimate of drug-likeness (QED) is 0.305. The van der Waals surface area contributed by atoms with Crippen molar-refractivity contribution in [3.8, 4) is 17.6 Å². The van der Waals surface area contributed by atoms with Crippen molar-refractivity contribution < 1.29 is 40.9 Å². The molecule has 5 rings (SSSR count). The van der Waals surface area contributed by atoms with Crippen molar-refractivity contribution in [1.29, 1.82) is 0 Å². The molecule has 3 saturated heterocycles. The molecule has 3 aliphatic rings. The molecule has 0 spiro atoms. The van der Waals surface area contributed by atoms with Gasteiger partial charge in [-0.25, -0.2) is 22.0 Å². The van der Waals surface area contributed by atoms with Gasteiger partial charge in [0.2, 0.25) is 0 Å². The van der Waals surface area contributed by atoms with E-state index in [0.717, 1.165) is 25.0 Å². The van der Waals surface area contributed by atoms with Crippen LogP contribution in [0.25, 0.3) is 0 Å². The van der Waals surface area contributed by atoms with Gasteiger partial charge < -0.3 is 18.9 Å². The minimum Gasteiger partial charge on any atom is -0.459 e. The summed E-state index contributed by atoms with van der Waals surface area (Å²) in [4.78, 5) is 0. The normalized spacial score (nSPS) is 23.9. The van der Waals surface area contributed by atoms with Crippen molar-refractivity contribution in [2.75, 3.05) is 19.8 Å². The molecule has 3 aliphatic heterocycles. The number of ether oxygens (including phenoxy) is 4. The summed E-state index contributed by atoms with van der Waals surface area (Å²) in [7, 11) is 0. The Hall–Kier alpha value is -2.93. The first-order chi connectivity index (χ1) is 16.3. The SMILES string of the molecule is CCCC12COC(c3ccc(C#Cc4cc(F)c(OC=CC(F)F)c(F)c4)c(F)c3)(OC1)OC2. The molecule has 2 aromatic rings. The largest absolute Gasteiger partial charge is 0.459 e. The topological polar surface area (TPSA) is 36.9 Å². The lowest BCUT2D eigenvalue weighted by molar-refractivity contribution is -0.480. The zero-order valence-corrected chi connectivity index (χ0v) is 18.2. The molecule has 0 amide bonds. The standard InChI is InChI=1S/C25H21F5O4/c1-2-8-24-13-32-25(33-14-24,34-15-24)18-6-5-17(19(26)12-18)4-3-16-10-20(27)23(21(28)11-16)31-9-7-22(29)30/h5-7,9-12,22H,2,8,13-15H2,1H3. The summed E-state index contributed by atoms with van der Waals surface area (Å²) >= 11 is 0. The maximum absolute atomic E-state index is 14.7. The maximum atomic E-state index is 14.7. The summed E-state index contributed by atoms with van der Waals surface area (Å²) in [5, 5.41) is 0. The third-order valence-corrected chi connectivity index (χ3v) is 5.56. The minimum absolute atomic E-state index is 0.0203. The van der Waals surface area contributed by atoms with Gasteiger partial charge in [0.05, 0.1) is 31.6 Å². The Morgan fingerprint density at radius 3 is 2.18 bits per heavy atom. The van der Waals surface area contributed by atoms with Crippen LogP contribution in [-0.2, 0) is 20.2 Å².